The van der Waals surface area contributed by atoms with Gasteiger partial charge >= 0.3 is 0 Å². The van der Waals surface area contributed by atoms with Gasteiger partial charge in [-0.1, -0.05) is 23.8 Å². The first-order chi connectivity index (χ1) is 10.9. The molecule has 1 atom stereocenters. The summed E-state index contributed by atoms with van der Waals surface area (Å²) in [5.41, 5.74) is 3.78. The van der Waals surface area contributed by atoms with Gasteiger partial charge in [-0.2, -0.15) is 0 Å². The second-order valence-corrected chi connectivity index (χ2v) is 8.75. The lowest BCUT2D eigenvalue weighted by atomic mass is 9.49. The van der Waals surface area contributed by atoms with E-state index >= 15 is 0 Å². The fraction of sp³-hybridized carbons (Fsp3) is 0.667. The van der Waals surface area contributed by atoms with Crippen LogP contribution in [0.15, 0.2) is 18.2 Å². The van der Waals surface area contributed by atoms with Crippen LogP contribution in [0.2, 0.25) is 0 Å². The summed E-state index contributed by atoms with van der Waals surface area (Å²) in [7, 11) is 0. The Bertz CT molecular complexity index is 597. The van der Waals surface area contributed by atoms with Crippen LogP contribution in [-0.2, 0) is 4.79 Å². The standard InChI is InChI=1S/C21H29NO/c1-13-4-5-19(14(2)6-13)15(3)22-20(23)21-10-16-7-17(11-21)9-18(8-16)12-21/h4-6,15-18H,7-12H2,1-3H3,(H,22,23). The van der Waals surface area contributed by atoms with E-state index in [1.165, 1.54) is 36.0 Å². The fourth-order valence-electron chi connectivity index (χ4n) is 6.13. The van der Waals surface area contributed by atoms with Crippen molar-refractivity contribution in [1.82, 2.24) is 5.32 Å². The average Bonchev–Trinajstić information content (AvgIpc) is 2.45. The molecular weight excluding hydrogens is 282 g/mol. The Morgan fingerprint density at radius 3 is 2.17 bits per heavy atom. The topological polar surface area (TPSA) is 29.1 Å². The summed E-state index contributed by atoms with van der Waals surface area (Å²) < 4.78 is 0. The molecule has 4 aliphatic rings. The van der Waals surface area contributed by atoms with E-state index in [4.69, 9.17) is 0 Å². The summed E-state index contributed by atoms with van der Waals surface area (Å²) in [5.74, 6) is 2.80. The minimum absolute atomic E-state index is 0.0401. The lowest BCUT2D eigenvalue weighted by Crippen LogP contribution is -2.53. The Morgan fingerprint density at radius 1 is 1.09 bits per heavy atom. The number of hydrogen-bond donors (Lipinski definition) is 1. The van der Waals surface area contributed by atoms with Gasteiger partial charge in [-0.05, 0) is 88.2 Å². The van der Waals surface area contributed by atoms with Crippen LogP contribution in [0, 0.1) is 37.0 Å². The number of carbonyl (C=O) groups excluding carboxylic acids is 1. The molecule has 1 aromatic rings. The van der Waals surface area contributed by atoms with Crippen LogP contribution in [-0.4, -0.2) is 5.91 Å². The quantitative estimate of drug-likeness (QED) is 0.861. The second kappa shape index (κ2) is 5.36. The summed E-state index contributed by atoms with van der Waals surface area (Å²) in [6.07, 6.45) is 7.59. The van der Waals surface area contributed by atoms with Crippen molar-refractivity contribution < 1.29 is 4.79 Å². The van der Waals surface area contributed by atoms with Crippen LogP contribution in [0.4, 0.5) is 0 Å². The molecule has 4 aliphatic carbocycles. The summed E-state index contributed by atoms with van der Waals surface area (Å²) in [5, 5.41) is 3.37. The van der Waals surface area contributed by atoms with Crippen LogP contribution in [0.1, 0.15) is 68.2 Å². The molecule has 2 heteroatoms. The predicted octanol–water partition coefficient (Wildman–Crippen LogP) is 4.70. The summed E-state index contributed by atoms with van der Waals surface area (Å²) >= 11 is 0. The molecule has 4 fully saturated rings. The highest BCUT2D eigenvalue weighted by atomic mass is 16.2. The number of carbonyl (C=O) groups is 1. The molecule has 0 heterocycles. The second-order valence-electron chi connectivity index (χ2n) is 8.75. The van der Waals surface area contributed by atoms with Gasteiger partial charge < -0.3 is 5.32 Å². The van der Waals surface area contributed by atoms with Crippen molar-refractivity contribution in [3.63, 3.8) is 0 Å². The summed E-state index contributed by atoms with van der Waals surface area (Å²) in [4.78, 5) is 13.1. The SMILES string of the molecule is Cc1ccc(C(C)NC(=O)C23CC4CC(CC(C4)C2)C3)c(C)c1. The molecule has 23 heavy (non-hydrogen) atoms. The zero-order chi connectivity index (χ0) is 16.2. The molecule has 4 saturated carbocycles. The van der Waals surface area contributed by atoms with E-state index < -0.39 is 0 Å². The summed E-state index contributed by atoms with van der Waals surface area (Å²) in [6, 6.07) is 6.64. The molecule has 0 radical (unpaired) electrons. The number of amides is 1. The van der Waals surface area contributed by atoms with Gasteiger partial charge in [0.25, 0.3) is 0 Å². The normalized spacial score (nSPS) is 36.0. The molecular formula is C21H29NO. The number of aryl methyl sites for hydroxylation is 2. The predicted molar refractivity (Wildman–Crippen MR) is 93.1 cm³/mol. The van der Waals surface area contributed by atoms with Gasteiger partial charge in [0.15, 0.2) is 0 Å². The molecule has 1 unspecified atom stereocenters. The first-order valence-corrected chi connectivity index (χ1v) is 9.33. The molecule has 0 aromatic heterocycles. The first-order valence-electron chi connectivity index (χ1n) is 9.33. The minimum Gasteiger partial charge on any atom is -0.349 e. The summed E-state index contributed by atoms with van der Waals surface area (Å²) in [6.45, 7) is 6.40. The van der Waals surface area contributed by atoms with E-state index in [1.807, 2.05) is 0 Å². The number of benzene rings is 1. The number of nitrogens with one attached hydrogen (secondary N) is 1. The Labute approximate surface area is 140 Å². The average molecular weight is 311 g/mol. The van der Waals surface area contributed by atoms with E-state index in [-0.39, 0.29) is 11.5 Å². The molecule has 1 amide bonds. The van der Waals surface area contributed by atoms with Gasteiger partial charge in [-0.3, -0.25) is 4.79 Å². The molecule has 1 N–H and O–H groups in total. The third-order valence-electron chi connectivity index (χ3n) is 6.76. The van der Waals surface area contributed by atoms with Crippen molar-refractivity contribution in [2.24, 2.45) is 23.2 Å². The van der Waals surface area contributed by atoms with Crippen LogP contribution >= 0.6 is 0 Å². The van der Waals surface area contributed by atoms with Crippen molar-refractivity contribution in [3.8, 4) is 0 Å². The third-order valence-corrected chi connectivity index (χ3v) is 6.76. The smallest absolute Gasteiger partial charge is 0.226 e. The fourth-order valence-corrected chi connectivity index (χ4v) is 6.13. The molecule has 0 spiro atoms. The molecule has 4 bridgehead atoms. The van der Waals surface area contributed by atoms with Crippen molar-refractivity contribution in [3.05, 3.63) is 34.9 Å². The number of hydrogen-bond acceptors (Lipinski definition) is 1. The van der Waals surface area contributed by atoms with Gasteiger partial charge in [0.05, 0.1) is 6.04 Å². The van der Waals surface area contributed by atoms with Gasteiger partial charge in [0.2, 0.25) is 5.91 Å². The van der Waals surface area contributed by atoms with E-state index in [0.717, 1.165) is 37.0 Å². The first kappa shape index (κ1) is 15.2. The van der Waals surface area contributed by atoms with Crippen molar-refractivity contribution in [2.45, 2.75) is 65.3 Å². The lowest BCUT2D eigenvalue weighted by molar-refractivity contribution is -0.147. The highest BCUT2D eigenvalue weighted by Gasteiger charge is 2.54. The van der Waals surface area contributed by atoms with Gasteiger partial charge in [-0.25, -0.2) is 0 Å². The van der Waals surface area contributed by atoms with Crippen LogP contribution < -0.4 is 5.32 Å². The molecule has 124 valence electrons. The van der Waals surface area contributed by atoms with Crippen molar-refractivity contribution >= 4 is 5.91 Å². The van der Waals surface area contributed by atoms with Crippen LogP contribution in [0.3, 0.4) is 0 Å². The highest BCUT2D eigenvalue weighted by molar-refractivity contribution is 5.83. The van der Waals surface area contributed by atoms with Gasteiger partial charge in [-0.15, -0.1) is 0 Å². The minimum atomic E-state index is -0.0401. The third kappa shape index (κ3) is 2.60. The Morgan fingerprint density at radius 2 is 1.65 bits per heavy atom. The van der Waals surface area contributed by atoms with Crippen molar-refractivity contribution in [2.75, 3.05) is 0 Å². The van der Waals surface area contributed by atoms with Gasteiger partial charge in [0, 0.05) is 5.41 Å². The van der Waals surface area contributed by atoms with Crippen LogP contribution in [0.25, 0.3) is 0 Å². The maximum absolute atomic E-state index is 13.1. The van der Waals surface area contributed by atoms with Crippen LogP contribution in [0.5, 0.6) is 0 Å². The molecule has 0 aliphatic heterocycles. The maximum Gasteiger partial charge on any atom is 0.226 e. The molecule has 1 aromatic carbocycles. The molecule has 2 nitrogen and oxygen atoms in total. The van der Waals surface area contributed by atoms with E-state index in [9.17, 15) is 4.79 Å². The number of rotatable bonds is 3. The maximum atomic E-state index is 13.1. The zero-order valence-corrected chi connectivity index (χ0v) is 14.7. The molecule has 5 rings (SSSR count). The highest BCUT2D eigenvalue weighted by Crippen LogP contribution is 2.60. The zero-order valence-electron chi connectivity index (χ0n) is 14.7. The largest absolute Gasteiger partial charge is 0.349 e. The lowest BCUT2D eigenvalue weighted by Gasteiger charge is -2.55. The van der Waals surface area contributed by atoms with Crippen molar-refractivity contribution in [1.29, 1.82) is 0 Å². The van der Waals surface area contributed by atoms with E-state index in [0.29, 0.717) is 5.91 Å². The Hall–Kier alpha value is -1.31. The van der Waals surface area contributed by atoms with Gasteiger partial charge in [0.1, 0.15) is 0 Å². The van der Waals surface area contributed by atoms with E-state index in [2.05, 4.69) is 44.3 Å². The molecule has 0 saturated heterocycles. The Kier molecular flexibility index (Phi) is 3.55. The monoisotopic (exact) mass is 311 g/mol. The Balaban J connectivity index is 1.51. The van der Waals surface area contributed by atoms with E-state index in [1.54, 1.807) is 0 Å².